The third kappa shape index (κ3) is 2.97. The van der Waals surface area contributed by atoms with Crippen molar-refractivity contribution in [3.05, 3.63) is 29.8 Å². The molecule has 0 spiro atoms. The molecule has 0 aliphatic heterocycles. The SMILES string of the molecule is CO[SiH](OC)c1ccccc1C1CCCCC1. The lowest BCUT2D eigenvalue weighted by molar-refractivity contribution is 0.291. The normalized spacial score (nSPS) is 17.6. The third-order valence-electron chi connectivity index (χ3n) is 3.72. The highest BCUT2D eigenvalue weighted by Gasteiger charge is 2.23. The van der Waals surface area contributed by atoms with Crippen molar-refractivity contribution in [3.63, 3.8) is 0 Å². The van der Waals surface area contributed by atoms with Gasteiger partial charge >= 0.3 is 9.28 Å². The zero-order valence-electron chi connectivity index (χ0n) is 10.8. The summed E-state index contributed by atoms with van der Waals surface area (Å²) in [5.41, 5.74) is 1.48. The van der Waals surface area contributed by atoms with E-state index in [1.807, 2.05) is 0 Å². The molecule has 1 aromatic carbocycles. The summed E-state index contributed by atoms with van der Waals surface area (Å²) >= 11 is 0. The van der Waals surface area contributed by atoms with E-state index < -0.39 is 9.28 Å². The standard InChI is InChI=1S/C14H22O2Si/c1-15-17(16-2)14-11-7-6-10-13(14)12-8-4-3-5-9-12/h6-7,10-12,17H,3-5,8-9H2,1-2H3. The minimum atomic E-state index is -1.66. The second-order valence-electron chi connectivity index (χ2n) is 4.77. The Hall–Kier alpha value is -0.643. The van der Waals surface area contributed by atoms with Gasteiger partial charge in [0.15, 0.2) is 0 Å². The molecule has 17 heavy (non-hydrogen) atoms. The van der Waals surface area contributed by atoms with Crippen LogP contribution in [0.15, 0.2) is 24.3 Å². The molecule has 0 saturated heterocycles. The molecule has 0 amide bonds. The van der Waals surface area contributed by atoms with Crippen molar-refractivity contribution in [1.29, 1.82) is 0 Å². The molecule has 2 rings (SSSR count). The molecule has 1 aliphatic rings. The molecule has 1 fully saturated rings. The summed E-state index contributed by atoms with van der Waals surface area (Å²) in [6, 6.07) is 8.70. The minimum Gasteiger partial charge on any atom is -0.397 e. The van der Waals surface area contributed by atoms with Crippen molar-refractivity contribution in [1.82, 2.24) is 0 Å². The van der Waals surface area contributed by atoms with Crippen LogP contribution in [0.3, 0.4) is 0 Å². The van der Waals surface area contributed by atoms with E-state index in [9.17, 15) is 0 Å². The Morgan fingerprint density at radius 1 is 1.00 bits per heavy atom. The Bertz CT molecular complexity index is 344. The quantitative estimate of drug-likeness (QED) is 0.764. The molecular weight excluding hydrogens is 228 g/mol. The fraction of sp³-hybridized carbons (Fsp3) is 0.571. The predicted octanol–water partition coefficient (Wildman–Crippen LogP) is 2.45. The monoisotopic (exact) mass is 250 g/mol. The van der Waals surface area contributed by atoms with Crippen LogP contribution in [0.4, 0.5) is 0 Å². The molecule has 1 saturated carbocycles. The van der Waals surface area contributed by atoms with E-state index in [1.54, 1.807) is 14.2 Å². The number of hydrogen-bond acceptors (Lipinski definition) is 2. The fourth-order valence-electron chi connectivity index (χ4n) is 2.86. The van der Waals surface area contributed by atoms with Gasteiger partial charge in [0, 0.05) is 14.2 Å². The summed E-state index contributed by atoms with van der Waals surface area (Å²) in [5, 5.41) is 1.34. The smallest absolute Gasteiger partial charge is 0.355 e. The van der Waals surface area contributed by atoms with Crippen LogP contribution >= 0.6 is 0 Å². The van der Waals surface area contributed by atoms with Gasteiger partial charge in [-0.1, -0.05) is 43.5 Å². The van der Waals surface area contributed by atoms with E-state index in [4.69, 9.17) is 8.85 Å². The third-order valence-corrected chi connectivity index (χ3v) is 5.61. The maximum atomic E-state index is 5.53. The fourth-order valence-corrected chi connectivity index (χ4v) is 4.43. The predicted molar refractivity (Wildman–Crippen MR) is 73.1 cm³/mol. The molecule has 94 valence electrons. The van der Waals surface area contributed by atoms with Gasteiger partial charge in [0.2, 0.25) is 0 Å². The van der Waals surface area contributed by atoms with Crippen LogP contribution in [0.5, 0.6) is 0 Å². The zero-order valence-corrected chi connectivity index (χ0v) is 12.0. The first kappa shape index (κ1) is 12.8. The largest absolute Gasteiger partial charge is 0.397 e. The van der Waals surface area contributed by atoms with Gasteiger partial charge in [0.25, 0.3) is 0 Å². The Morgan fingerprint density at radius 2 is 1.65 bits per heavy atom. The minimum absolute atomic E-state index is 0.722. The summed E-state index contributed by atoms with van der Waals surface area (Å²) in [4.78, 5) is 0. The molecule has 0 unspecified atom stereocenters. The lowest BCUT2D eigenvalue weighted by Gasteiger charge is -2.25. The van der Waals surface area contributed by atoms with Gasteiger partial charge in [0.05, 0.1) is 0 Å². The van der Waals surface area contributed by atoms with Gasteiger partial charge in [-0.15, -0.1) is 0 Å². The molecule has 2 nitrogen and oxygen atoms in total. The van der Waals surface area contributed by atoms with Gasteiger partial charge < -0.3 is 8.85 Å². The average molecular weight is 250 g/mol. The van der Waals surface area contributed by atoms with Crippen LogP contribution in [0.25, 0.3) is 0 Å². The summed E-state index contributed by atoms with van der Waals surface area (Å²) < 4.78 is 11.1. The van der Waals surface area contributed by atoms with E-state index in [0.717, 1.165) is 5.92 Å². The van der Waals surface area contributed by atoms with Crippen molar-refractivity contribution in [3.8, 4) is 0 Å². The lowest BCUT2D eigenvalue weighted by atomic mass is 9.84. The van der Waals surface area contributed by atoms with E-state index in [2.05, 4.69) is 24.3 Å². The molecule has 1 aromatic rings. The summed E-state index contributed by atoms with van der Waals surface area (Å²) in [6.45, 7) is 0. The highest BCUT2D eigenvalue weighted by Crippen LogP contribution is 2.31. The van der Waals surface area contributed by atoms with Gasteiger partial charge in [0.1, 0.15) is 0 Å². The number of rotatable bonds is 4. The molecule has 0 aromatic heterocycles. The van der Waals surface area contributed by atoms with Crippen LogP contribution < -0.4 is 5.19 Å². The maximum Gasteiger partial charge on any atom is 0.355 e. The molecule has 0 bridgehead atoms. The van der Waals surface area contributed by atoms with Gasteiger partial charge in [-0.2, -0.15) is 0 Å². The van der Waals surface area contributed by atoms with Crippen LogP contribution in [0.2, 0.25) is 0 Å². The molecule has 1 aliphatic carbocycles. The first-order valence-corrected chi connectivity index (χ1v) is 8.03. The van der Waals surface area contributed by atoms with Crippen molar-refractivity contribution in [2.24, 2.45) is 0 Å². The van der Waals surface area contributed by atoms with E-state index >= 15 is 0 Å². The lowest BCUT2D eigenvalue weighted by Crippen LogP contribution is -2.38. The first-order chi connectivity index (χ1) is 8.36. The van der Waals surface area contributed by atoms with Crippen molar-refractivity contribution >= 4 is 14.5 Å². The Kier molecular flexibility index (Phi) is 4.77. The Labute approximate surface area is 106 Å². The molecule has 0 N–H and O–H groups in total. The van der Waals surface area contributed by atoms with Crippen LogP contribution in [-0.2, 0) is 8.85 Å². The topological polar surface area (TPSA) is 18.5 Å². The van der Waals surface area contributed by atoms with Gasteiger partial charge in [-0.05, 0) is 29.5 Å². The summed E-state index contributed by atoms with van der Waals surface area (Å²) in [5.74, 6) is 0.722. The number of hydrogen-bond donors (Lipinski definition) is 0. The highest BCUT2D eigenvalue weighted by molar-refractivity contribution is 6.61. The highest BCUT2D eigenvalue weighted by atomic mass is 28.3. The van der Waals surface area contributed by atoms with E-state index in [0.29, 0.717) is 0 Å². The van der Waals surface area contributed by atoms with Crippen LogP contribution in [-0.4, -0.2) is 23.5 Å². The van der Waals surface area contributed by atoms with E-state index in [-0.39, 0.29) is 0 Å². The first-order valence-electron chi connectivity index (χ1n) is 6.51. The van der Waals surface area contributed by atoms with Crippen molar-refractivity contribution < 1.29 is 8.85 Å². The van der Waals surface area contributed by atoms with Crippen molar-refractivity contribution in [2.45, 2.75) is 38.0 Å². The Balaban J connectivity index is 2.25. The van der Waals surface area contributed by atoms with Gasteiger partial charge in [-0.25, -0.2) is 0 Å². The van der Waals surface area contributed by atoms with Crippen molar-refractivity contribution in [2.75, 3.05) is 14.2 Å². The molecule has 3 heteroatoms. The molecular formula is C14H22O2Si. The zero-order chi connectivity index (χ0) is 12.1. The van der Waals surface area contributed by atoms with Gasteiger partial charge in [-0.3, -0.25) is 0 Å². The Morgan fingerprint density at radius 3 is 2.29 bits per heavy atom. The van der Waals surface area contributed by atoms with Crippen LogP contribution in [0, 0.1) is 0 Å². The van der Waals surface area contributed by atoms with E-state index in [1.165, 1.54) is 42.9 Å². The summed E-state index contributed by atoms with van der Waals surface area (Å²) in [7, 11) is 1.86. The summed E-state index contributed by atoms with van der Waals surface area (Å²) in [6.07, 6.45) is 6.78. The maximum absolute atomic E-state index is 5.53. The second-order valence-corrected chi connectivity index (χ2v) is 7.00. The molecule has 0 radical (unpaired) electrons. The van der Waals surface area contributed by atoms with Crippen LogP contribution in [0.1, 0.15) is 43.6 Å². The molecule has 0 heterocycles. The molecule has 0 atom stereocenters. The number of benzene rings is 1. The second kappa shape index (κ2) is 6.33. The average Bonchev–Trinajstić information content (AvgIpc) is 2.42.